The number of carboxylic acid groups (broad SMARTS) is 1. The molecule has 216 valence electrons. The largest absolute Gasteiger partial charge is 0.496 e. The van der Waals surface area contributed by atoms with Crippen LogP contribution in [0.1, 0.15) is 37.3 Å². The van der Waals surface area contributed by atoms with Crippen molar-refractivity contribution in [3.05, 3.63) is 59.7 Å². The molecule has 0 unspecified atom stereocenters. The number of rotatable bonds is 9. The van der Waals surface area contributed by atoms with Crippen molar-refractivity contribution in [3.63, 3.8) is 0 Å². The maximum absolute atomic E-state index is 13.6. The fourth-order valence-electron chi connectivity index (χ4n) is 3.77. The third kappa shape index (κ3) is 9.52. The summed E-state index contributed by atoms with van der Waals surface area (Å²) in [5.41, 5.74) is 1.83. The second kappa shape index (κ2) is 14.3. The molecule has 1 fully saturated rings. The summed E-state index contributed by atoms with van der Waals surface area (Å²) < 4.78 is 65.7. The van der Waals surface area contributed by atoms with Gasteiger partial charge in [-0.1, -0.05) is 44.2 Å². The first-order valence-corrected chi connectivity index (χ1v) is 13.7. The first-order chi connectivity index (χ1) is 18.3. The second-order valence-corrected chi connectivity index (χ2v) is 11.0. The van der Waals surface area contributed by atoms with Crippen LogP contribution in [0.15, 0.2) is 53.4 Å². The molecule has 1 aliphatic rings. The topological polar surface area (TPSA) is 116 Å². The van der Waals surface area contributed by atoms with Crippen molar-refractivity contribution in [3.8, 4) is 5.75 Å². The number of carbonyl (C=O) groups excluding carboxylic acids is 1. The summed E-state index contributed by atoms with van der Waals surface area (Å²) in [6, 6.07) is 14.4. The van der Waals surface area contributed by atoms with Crippen LogP contribution in [0, 0.1) is 0 Å². The molecule has 0 aromatic heterocycles. The molecule has 39 heavy (non-hydrogen) atoms. The Labute approximate surface area is 226 Å². The number of carbonyl (C=O) groups is 2. The van der Waals surface area contributed by atoms with Crippen LogP contribution in [0.3, 0.4) is 0 Å². The average molecular weight is 574 g/mol. The summed E-state index contributed by atoms with van der Waals surface area (Å²) in [5.74, 6) is -1.85. The minimum absolute atomic E-state index is 0.0260. The number of methoxy groups -OCH3 is 1. The summed E-state index contributed by atoms with van der Waals surface area (Å²) in [5, 5.41) is 10.3. The van der Waals surface area contributed by atoms with Crippen LogP contribution in [-0.2, 0) is 26.2 Å². The Bertz CT molecular complexity index is 1200. The van der Waals surface area contributed by atoms with Gasteiger partial charge in [0.05, 0.1) is 12.0 Å². The van der Waals surface area contributed by atoms with E-state index in [-0.39, 0.29) is 30.3 Å². The maximum Gasteiger partial charge on any atom is 0.490 e. The molecule has 3 rings (SSSR count). The predicted octanol–water partition coefficient (Wildman–Crippen LogP) is 3.46. The molecule has 0 radical (unpaired) electrons. The Morgan fingerprint density at radius 1 is 1.08 bits per heavy atom. The van der Waals surface area contributed by atoms with Crippen molar-refractivity contribution in [1.29, 1.82) is 0 Å². The summed E-state index contributed by atoms with van der Waals surface area (Å²) in [7, 11) is -2.23. The lowest BCUT2D eigenvalue weighted by Gasteiger charge is -2.29. The lowest BCUT2D eigenvalue weighted by atomic mass is 10.0. The van der Waals surface area contributed by atoms with Gasteiger partial charge in [0.2, 0.25) is 15.9 Å². The summed E-state index contributed by atoms with van der Waals surface area (Å²) in [4.78, 5) is 23.6. The van der Waals surface area contributed by atoms with E-state index < -0.39 is 22.2 Å². The van der Waals surface area contributed by atoms with Crippen LogP contribution in [-0.4, -0.2) is 80.6 Å². The van der Waals surface area contributed by atoms with Gasteiger partial charge in [0, 0.05) is 51.3 Å². The van der Waals surface area contributed by atoms with Crippen molar-refractivity contribution < 1.29 is 41.0 Å². The Hall–Kier alpha value is -3.16. The molecule has 0 bridgehead atoms. The third-order valence-corrected chi connectivity index (χ3v) is 7.87. The van der Waals surface area contributed by atoms with Crippen molar-refractivity contribution >= 4 is 21.9 Å². The van der Waals surface area contributed by atoms with E-state index in [1.54, 1.807) is 24.1 Å². The molecule has 1 heterocycles. The smallest absolute Gasteiger partial charge is 0.490 e. The molecule has 1 amide bonds. The van der Waals surface area contributed by atoms with Crippen LogP contribution in [0.4, 0.5) is 13.2 Å². The van der Waals surface area contributed by atoms with E-state index in [0.29, 0.717) is 24.8 Å². The van der Waals surface area contributed by atoms with Crippen molar-refractivity contribution in [1.82, 2.24) is 14.5 Å². The van der Waals surface area contributed by atoms with Crippen LogP contribution >= 0.6 is 0 Å². The predicted molar refractivity (Wildman–Crippen MR) is 139 cm³/mol. The lowest BCUT2D eigenvalue weighted by molar-refractivity contribution is -0.192. The molecule has 2 aromatic carbocycles. The number of halogens is 3. The van der Waals surface area contributed by atoms with E-state index in [4.69, 9.17) is 14.6 Å². The Kier molecular flexibility index (Phi) is 11.7. The van der Waals surface area contributed by atoms with E-state index in [2.05, 4.69) is 19.2 Å². The molecular formula is C26H34F3N3O6S. The van der Waals surface area contributed by atoms with Gasteiger partial charge in [-0.15, -0.1) is 0 Å². The second-order valence-electron chi connectivity index (χ2n) is 9.06. The van der Waals surface area contributed by atoms with Crippen molar-refractivity contribution in [2.45, 2.75) is 43.8 Å². The quantitative estimate of drug-likeness (QED) is 0.472. The maximum atomic E-state index is 13.6. The van der Waals surface area contributed by atoms with Crippen LogP contribution < -0.4 is 10.1 Å². The number of carboxylic acids is 1. The molecule has 1 aliphatic heterocycles. The molecular weight excluding hydrogens is 539 g/mol. The third-order valence-electron chi connectivity index (χ3n) is 6.01. The van der Waals surface area contributed by atoms with Gasteiger partial charge >= 0.3 is 12.1 Å². The number of sulfonamides is 1. The molecule has 0 saturated carbocycles. The normalized spacial score (nSPS) is 14.1. The molecule has 1 saturated heterocycles. The number of piperazine rings is 1. The van der Waals surface area contributed by atoms with Crippen LogP contribution in [0.25, 0.3) is 0 Å². The van der Waals surface area contributed by atoms with Gasteiger partial charge in [0.15, 0.2) is 0 Å². The minimum Gasteiger partial charge on any atom is -0.496 e. The zero-order valence-corrected chi connectivity index (χ0v) is 22.9. The number of amides is 1. The van der Waals surface area contributed by atoms with Crippen molar-refractivity contribution in [2.75, 3.05) is 39.8 Å². The van der Waals surface area contributed by atoms with Gasteiger partial charge in [0.25, 0.3) is 0 Å². The van der Waals surface area contributed by atoms with Gasteiger partial charge in [-0.2, -0.15) is 17.5 Å². The summed E-state index contributed by atoms with van der Waals surface area (Å²) in [6.07, 6.45) is -4.95. The fraction of sp³-hybridized carbons (Fsp3) is 0.462. The summed E-state index contributed by atoms with van der Waals surface area (Å²) in [6.45, 7) is 7.19. The van der Waals surface area contributed by atoms with Gasteiger partial charge in [-0.25, -0.2) is 13.2 Å². The number of para-hydroxylation sites is 1. The molecule has 2 aromatic rings. The lowest BCUT2D eigenvalue weighted by Crippen LogP contribution is -2.47. The Balaban J connectivity index is 0.000000673. The van der Waals surface area contributed by atoms with Gasteiger partial charge in [0.1, 0.15) is 5.75 Å². The number of benzene rings is 2. The number of nitrogens with zero attached hydrogens (tertiary/aromatic N) is 2. The molecule has 0 atom stereocenters. The van der Waals surface area contributed by atoms with Crippen LogP contribution in [0.2, 0.25) is 0 Å². The highest BCUT2D eigenvalue weighted by Gasteiger charge is 2.38. The average Bonchev–Trinajstić information content (AvgIpc) is 2.91. The highest BCUT2D eigenvalue weighted by atomic mass is 32.2. The van der Waals surface area contributed by atoms with Gasteiger partial charge < -0.3 is 20.1 Å². The van der Waals surface area contributed by atoms with E-state index in [9.17, 15) is 26.4 Å². The number of hydrogen-bond donors (Lipinski definition) is 2. The highest BCUT2D eigenvalue weighted by molar-refractivity contribution is 7.89. The van der Waals surface area contributed by atoms with Crippen LogP contribution in [0.5, 0.6) is 5.75 Å². The number of hydrogen-bond acceptors (Lipinski definition) is 6. The zero-order valence-electron chi connectivity index (χ0n) is 22.1. The van der Waals surface area contributed by atoms with Gasteiger partial charge in [-0.05, 0) is 29.7 Å². The van der Waals surface area contributed by atoms with Gasteiger partial charge in [-0.3, -0.25) is 4.79 Å². The van der Waals surface area contributed by atoms with E-state index >= 15 is 0 Å². The highest BCUT2D eigenvalue weighted by Crippen LogP contribution is 2.25. The monoisotopic (exact) mass is 573 g/mol. The SMILES string of the molecule is COc1ccccc1CN(CCC(=O)N1CCNCC1)S(=O)(=O)c1ccc(C(C)C)cc1.O=C(O)C(F)(F)F. The summed E-state index contributed by atoms with van der Waals surface area (Å²) >= 11 is 0. The van der Waals surface area contributed by atoms with Crippen molar-refractivity contribution in [2.24, 2.45) is 0 Å². The molecule has 0 aliphatic carbocycles. The number of alkyl halides is 3. The van der Waals surface area contributed by atoms with E-state index in [0.717, 1.165) is 24.2 Å². The molecule has 0 spiro atoms. The molecule has 9 nitrogen and oxygen atoms in total. The first kappa shape index (κ1) is 32.1. The van der Waals surface area contributed by atoms with E-state index in [1.807, 2.05) is 36.4 Å². The number of aliphatic carboxylic acids is 1. The fourth-order valence-corrected chi connectivity index (χ4v) is 5.19. The minimum atomic E-state index is -5.08. The number of nitrogens with one attached hydrogen (secondary N) is 1. The molecule has 13 heteroatoms. The zero-order chi connectivity index (χ0) is 29.2. The standard InChI is InChI=1S/C24H33N3O4S.C2HF3O2/c1-19(2)20-8-10-22(11-9-20)32(29,30)27(18-21-6-4-5-7-23(21)31-3)15-12-24(28)26-16-13-25-14-17-26;3-2(4,5)1(6)7/h4-11,19,25H,12-18H2,1-3H3;(H,6,7). The molecule has 2 N–H and O–H groups in total. The van der Waals surface area contributed by atoms with E-state index in [1.165, 1.54) is 4.31 Å². The first-order valence-electron chi connectivity index (χ1n) is 12.3. The Morgan fingerprint density at radius 3 is 2.15 bits per heavy atom. The Morgan fingerprint density at radius 2 is 1.64 bits per heavy atom. The number of ether oxygens (including phenoxy) is 1.